The molecule has 0 radical (unpaired) electrons. The van der Waals surface area contributed by atoms with Gasteiger partial charge in [-0.2, -0.15) is 0 Å². The van der Waals surface area contributed by atoms with Crippen LogP contribution < -0.4 is 0 Å². The van der Waals surface area contributed by atoms with Gasteiger partial charge in [0, 0.05) is 19.2 Å². The summed E-state index contributed by atoms with van der Waals surface area (Å²) in [6.45, 7) is 2.80. The molecule has 2 aromatic carbocycles. The molecule has 1 amide bonds. The smallest absolute Gasteiger partial charge is 0.253 e. The van der Waals surface area contributed by atoms with Crippen LogP contribution in [-0.2, 0) is 0 Å². The molecular formula is C17H17Cl2NO. The Bertz CT molecular complexity index is 655. The Morgan fingerprint density at radius 2 is 1.76 bits per heavy atom. The predicted octanol–water partition coefficient (Wildman–Crippen LogP) is 5.14. The Balaban J connectivity index is 2.33. The topological polar surface area (TPSA) is 20.3 Å². The molecule has 0 saturated heterocycles. The first-order valence-electron chi connectivity index (χ1n) is 6.84. The van der Waals surface area contributed by atoms with Gasteiger partial charge < -0.3 is 4.90 Å². The SMILES string of the molecule is CCCN(C)C(=O)c1cccc(-c2ccc(Cl)c(Cl)c2)c1. The lowest BCUT2D eigenvalue weighted by molar-refractivity contribution is 0.0795. The van der Waals surface area contributed by atoms with Crippen LogP contribution in [0.4, 0.5) is 0 Å². The summed E-state index contributed by atoms with van der Waals surface area (Å²) < 4.78 is 0. The molecular weight excluding hydrogens is 305 g/mol. The molecule has 0 bridgehead atoms. The van der Waals surface area contributed by atoms with Gasteiger partial charge in [-0.3, -0.25) is 4.79 Å². The number of hydrogen-bond donors (Lipinski definition) is 0. The van der Waals surface area contributed by atoms with Crippen LogP contribution in [0.2, 0.25) is 10.0 Å². The third-order valence-corrected chi connectivity index (χ3v) is 4.01. The third kappa shape index (κ3) is 3.78. The van der Waals surface area contributed by atoms with E-state index in [1.807, 2.05) is 43.4 Å². The summed E-state index contributed by atoms with van der Waals surface area (Å²) in [6, 6.07) is 13.0. The van der Waals surface area contributed by atoms with Gasteiger partial charge >= 0.3 is 0 Å². The van der Waals surface area contributed by atoms with E-state index < -0.39 is 0 Å². The molecule has 0 N–H and O–H groups in total. The zero-order valence-electron chi connectivity index (χ0n) is 12.1. The van der Waals surface area contributed by atoms with E-state index in [2.05, 4.69) is 6.92 Å². The Morgan fingerprint density at radius 1 is 1.05 bits per heavy atom. The Morgan fingerprint density at radius 3 is 2.43 bits per heavy atom. The van der Waals surface area contributed by atoms with Crippen molar-refractivity contribution in [3.05, 3.63) is 58.1 Å². The molecule has 0 aliphatic heterocycles. The van der Waals surface area contributed by atoms with E-state index in [0.29, 0.717) is 15.6 Å². The molecule has 2 aromatic rings. The number of amides is 1. The molecule has 110 valence electrons. The monoisotopic (exact) mass is 321 g/mol. The molecule has 0 aliphatic carbocycles. The molecule has 0 fully saturated rings. The highest BCUT2D eigenvalue weighted by Gasteiger charge is 2.12. The number of carbonyl (C=O) groups is 1. The first kappa shape index (κ1) is 15.9. The summed E-state index contributed by atoms with van der Waals surface area (Å²) >= 11 is 12.0. The second kappa shape index (κ2) is 6.97. The highest BCUT2D eigenvalue weighted by Crippen LogP contribution is 2.29. The van der Waals surface area contributed by atoms with Crippen LogP contribution in [0.25, 0.3) is 11.1 Å². The lowest BCUT2D eigenvalue weighted by Crippen LogP contribution is -2.27. The molecule has 21 heavy (non-hydrogen) atoms. The molecule has 0 saturated carbocycles. The van der Waals surface area contributed by atoms with Gasteiger partial charge in [0.1, 0.15) is 0 Å². The Kier molecular flexibility index (Phi) is 5.27. The van der Waals surface area contributed by atoms with Crippen LogP contribution in [-0.4, -0.2) is 24.4 Å². The first-order chi connectivity index (χ1) is 10.0. The second-order valence-corrected chi connectivity index (χ2v) is 5.75. The first-order valence-corrected chi connectivity index (χ1v) is 7.59. The normalized spacial score (nSPS) is 10.5. The van der Waals surface area contributed by atoms with Crippen LogP contribution in [0, 0.1) is 0 Å². The van der Waals surface area contributed by atoms with E-state index >= 15 is 0 Å². The van der Waals surface area contributed by atoms with Crippen molar-refractivity contribution >= 4 is 29.1 Å². The van der Waals surface area contributed by atoms with Gasteiger partial charge in [0.15, 0.2) is 0 Å². The van der Waals surface area contributed by atoms with Crippen molar-refractivity contribution in [2.24, 2.45) is 0 Å². The number of rotatable bonds is 4. The van der Waals surface area contributed by atoms with Crippen LogP contribution in [0.5, 0.6) is 0 Å². The highest BCUT2D eigenvalue weighted by atomic mass is 35.5. The Hall–Kier alpha value is -1.51. The summed E-state index contributed by atoms with van der Waals surface area (Å²) in [6.07, 6.45) is 0.939. The zero-order valence-corrected chi connectivity index (χ0v) is 13.6. The van der Waals surface area contributed by atoms with E-state index in [4.69, 9.17) is 23.2 Å². The third-order valence-electron chi connectivity index (χ3n) is 3.27. The van der Waals surface area contributed by atoms with Crippen molar-refractivity contribution in [1.29, 1.82) is 0 Å². The Labute approximate surface area is 135 Å². The number of halogens is 2. The lowest BCUT2D eigenvalue weighted by Gasteiger charge is -2.16. The van der Waals surface area contributed by atoms with E-state index in [1.165, 1.54) is 0 Å². The number of nitrogens with zero attached hydrogens (tertiary/aromatic N) is 1. The molecule has 0 heterocycles. The molecule has 0 unspecified atom stereocenters. The second-order valence-electron chi connectivity index (χ2n) is 4.94. The number of benzene rings is 2. The van der Waals surface area contributed by atoms with Crippen LogP contribution >= 0.6 is 23.2 Å². The summed E-state index contributed by atoms with van der Waals surface area (Å²) in [5, 5.41) is 1.03. The minimum atomic E-state index is 0.0266. The largest absolute Gasteiger partial charge is 0.342 e. The fraction of sp³-hybridized carbons (Fsp3) is 0.235. The molecule has 4 heteroatoms. The van der Waals surface area contributed by atoms with Gasteiger partial charge in [0.25, 0.3) is 5.91 Å². The standard InChI is InChI=1S/C17H17Cl2NO/c1-3-9-20(2)17(21)14-6-4-5-12(10-14)13-7-8-15(18)16(19)11-13/h4-8,10-11H,3,9H2,1-2H3. The van der Waals surface area contributed by atoms with Crippen molar-refractivity contribution in [2.45, 2.75) is 13.3 Å². The summed E-state index contributed by atoms with van der Waals surface area (Å²) in [5.41, 5.74) is 2.57. The van der Waals surface area contributed by atoms with Crippen molar-refractivity contribution in [3.8, 4) is 11.1 Å². The van der Waals surface area contributed by atoms with E-state index in [9.17, 15) is 4.79 Å². The van der Waals surface area contributed by atoms with Gasteiger partial charge in [-0.05, 0) is 41.8 Å². The maximum atomic E-state index is 12.3. The molecule has 0 aromatic heterocycles. The van der Waals surface area contributed by atoms with Crippen molar-refractivity contribution in [3.63, 3.8) is 0 Å². The average molecular weight is 322 g/mol. The fourth-order valence-corrected chi connectivity index (χ4v) is 2.46. The van der Waals surface area contributed by atoms with Gasteiger partial charge in [-0.15, -0.1) is 0 Å². The van der Waals surface area contributed by atoms with Gasteiger partial charge in [-0.1, -0.05) is 48.3 Å². The number of hydrogen-bond acceptors (Lipinski definition) is 1. The van der Waals surface area contributed by atoms with Crippen LogP contribution in [0.1, 0.15) is 23.7 Å². The van der Waals surface area contributed by atoms with E-state index in [0.717, 1.165) is 24.1 Å². The summed E-state index contributed by atoms with van der Waals surface area (Å²) in [7, 11) is 1.82. The molecule has 0 spiro atoms. The van der Waals surface area contributed by atoms with Crippen molar-refractivity contribution in [1.82, 2.24) is 4.90 Å². The predicted molar refractivity (Wildman–Crippen MR) is 89.1 cm³/mol. The van der Waals surface area contributed by atoms with Crippen LogP contribution in [0.3, 0.4) is 0 Å². The molecule has 2 nitrogen and oxygen atoms in total. The zero-order chi connectivity index (χ0) is 15.4. The summed E-state index contributed by atoms with van der Waals surface area (Å²) in [5.74, 6) is 0.0266. The van der Waals surface area contributed by atoms with Gasteiger partial charge in [0.2, 0.25) is 0 Å². The van der Waals surface area contributed by atoms with Crippen molar-refractivity contribution in [2.75, 3.05) is 13.6 Å². The minimum absolute atomic E-state index is 0.0266. The molecule has 0 atom stereocenters. The van der Waals surface area contributed by atoms with E-state index in [1.54, 1.807) is 11.0 Å². The fourth-order valence-electron chi connectivity index (χ4n) is 2.16. The average Bonchev–Trinajstić information content (AvgIpc) is 2.49. The quantitative estimate of drug-likeness (QED) is 0.763. The molecule has 0 aliphatic rings. The highest BCUT2D eigenvalue weighted by molar-refractivity contribution is 6.42. The van der Waals surface area contributed by atoms with Gasteiger partial charge in [-0.25, -0.2) is 0 Å². The van der Waals surface area contributed by atoms with Crippen LogP contribution in [0.15, 0.2) is 42.5 Å². The summed E-state index contributed by atoms with van der Waals surface area (Å²) in [4.78, 5) is 14.0. The maximum absolute atomic E-state index is 12.3. The van der Waals surface area contributed by atoms with E-state index in [-0.39, 0.29) is 5.91 Å². The minimum Gasteiger partial charge on any atom is -0.342 e. The van der Waals surface area contributed by atoms with Gasteiger partial charge in [0.05, 0.1) is 10.0 Å². The maximum Gasteiger partial charge on any atom is 0.253 e. The number of carbonyl (C=O) groups excluding carboxylic acids is 1. The molecule has 2 rings (SSSR count). The lowest BCUT2D eigenvalue weighted by atomic mass is 10.0. The van der Waals surface area contributed by atoms with Crippen molar-refractivity contribution < 1.29 is 4.79 Å².